The molecule has 3 aliphatic rings. The summed E-state index contributed by atoms with van der Waals surface area (Å²) in [5.41, 5.74) is 6.95. The van der Waals surface area contributed by atoms with Crippen molar-refractivity contribution in [3.05, 3.63) is 87.5 Å². The molecule has 5 heterocycles. The zero-order valence-electron chi connectivity index (χ0n) is 23.5. The van der Waals surface area contributed by atoms with Crippen LogP contribution in [0.15, 0.2) is 53.7 Å². The summed E-state index contributed by atoms with van der Waals surface area (Å²) < 4.78 is 3.64. The van der Waals surface area contributed by atoms with Crippen LogP contribution >= 0.6 is 0 Å². The van der Waals surface area contributed by atoms with Crippen LogP contribution in [0.4, 0.5) is 17.2 Å². The SMILES string of the molecule is Cn1cc(-c2ccnc(N3CCn4c(cc5c4CC(C)(C)C5)C3=O)c2C=O)cc(Nc2ccnc(C3CC3)c2)c1=O. The predicted octanol–water partition coefficient (Wildman–Crippen LogP) is 4.86. The number of pyridine rings is 3. The van der Waals surface area contributed by atoms with Crippen LogP contribution < -0.4 is 15.8 Å². The number of hydrogen-bond donors (Lipinski definition) is 1. The number of fused-ring (bicyclic) bond motifs is 3. The Morgan fingerprint density at radius 1 is 1.02 bits per heavy atom. The Morgan fingerprint density at radius 2 is 1.83 bits per heavy atom. The van der Waals surface area contributed by atoms with Crippen LogP contribution in [0.25, 0.3) is 11.1 Å². The topological polar surface area (TPSA) is 102 Å². The van der Waals surface area contributed by atoms with Crippen molar-refractivity contribution in [3.63, 3.8) is 0 Å². The Bertz CT molecular complexity index is 1800. The fraction of sp³-hybridized carbons (Fsp3) is 0.344. The highest BCUT2D eigenvalue weighted by atomic mass is 16.2. The van der Waals surface area contributed by atoms with Crippen molar-refractivity contribution >= 4 is 29.4 Å². The number of aldehydes is 1. The second-order valence-electron chi connectivity index (χ2n) is 12.3. The number of aromatic nitrogens is 4. The number of nitrogens with zero attached hydrogens (tertiary/aromatic N) is 5. The van der Waals surface area contributed by atoms with Gasteiger partial charge in [0.25, 0.3) is 11.5 Å². The average Bonchev–Trinajstić information content (AvgIpc) is 3.69. The van der Waals surface area contributed by atoms with Gasteiger partial charge < -0.3 is 14.5 Å². The van der Waals surface area contributed by atoms with Crippen LogP contribution in [0.5, 0.6) is 0 Å². The number of carbonyl (C=O) groups is 2. The molecule has 0 bridgehead atoms. The lowest BCUT2D eigenvalue weighted by Gasteiger charge is -2.30. The minimum absolute atomic E-state index is 0.150. The van der Waals surface area contributed by atoms with Crippen LogP contribution in [0.2, 0.25) is 0 Å². The molecule has 0 atom stereocenters. The second kappa shape index (κ2) is 9.26. The Labute approximate surface area is 237 Å². The Kier molecular flexibility index (Phi) is 5.74. The lowest BCUT2D eigenvalue weighted by Crippen LogP contribution is -2.41. The smallest absolute Gasteiger partial charge is 0.276 e. The molecule has 1 fully saturated rings. The normalized spacial score (nSPS) is 17.3. The van der Waals surface area contributed by atoms with Gasteiger partial charge in [0.15, 0.2) is 6.29 Å². The van der Waals surface area contributed by atoms with Gasteiger partial charge in [-0.1, -0.05) is 13.8 Å². The van der Waals surface area contributed by atoms with Crippen molar-refractivity contribution in [3.8, 4) is 11.1 Å². The molecule has 9 nitrogen and oxygen atoms in total. The molecule has 208 valence electrons. The molecule has 41 heavy (non-hydrogen) atoms. The first-order valence-corrected chi connectivity index (χ1v) is 14.1. The molecule has 2 aliphatic carbocycles. The maximum Gasteiger partial charge on any atom is 0.276 e. The van der Waals surface area contributed by atoms with E-state index in [1.807, 2.05) is 18.2 Å². The van der Waals surface area contributed by atoms with E-state index in [-0.39, 0.29) is 16.9 Å². The van der Waals surface area contributed by atoms with Crippen LogP contribution in [-0.4, -0.2) is 37.8 Å². The molecule has 1 saturated carbocycles. The summed E-state index contributed by atoms with van der Waals surface area (Å²) in [5.74, 6) is 0.676. The van der Waals surface area contributed by atoms with Gasteiger partial charge in [0.05, 0.1) is 5.56 Å². The number of carbonyl (C=O) groups excluding carboxylic acids is 2. The van der Waals surface area contributed by atoms with E-state index in [1.165, 1.54) is 15.8 Å². The second-order valence-corrected chi connectivity index (χ2v) is 12.3. The van der Waals surface area contributed by atoms with Gasteiger partial charge in [-0.3, -0.25) is 24.3 Å². The number of anilines is 3. The monoisotopic (exact) mass is 548 g/mol. The van der Waals surface area contributed by atoms with Gasteiger partial charge >= 0.3 is 0 Å². The molecule has 0 saturated heterocycles. The molecule has 4 aromatic heterocycles. The highest BCUT2D eigenvalue weighted by molar-refractivity contribution is 6.08. The maximum atomic E-state index is 13.7. The number of rotatable bonds is 6. The van der Waals surface area contributed by atoms with Gasteiger partial charge in [-0.25, -0.2) is 4.98 Å². The molecule has 0 spiro atoms. The minimum Gasteiger partial charge on any atom is -0.351 e. The molecule has 1 N–H and O–H groups in total. The first kappa shape index (κ1) is 25.4. The first-order chi connectivity index (χ1) is 19.7. The molecule has 0 radical (unpaired) electrons. The highest BCUT2D eigenvalue weighted by Crippen LogP contribution is 2.41. The van der Waals surface area contributed by atoms with Crippen molar-refractivity contribution in [2.24, 2.45) is 12.5 Å². The molecular formula is C32H32N6O3. The third-order valence-electron chi connectivity index (χ3n) is 8.52. The van der Waals surface area contributed by atoms with E-state index in [2.05, 4.69) is 33.7 Å². The highest BCUT2D eigenvalue weighted by Gasteiger charge is 2.37. The van der Waals surface area contributed by atoms with E-state index in [1.54, 1.807) is 42.7 Å². The fourth-order valence-corrected chi connectivity index (χ4v) is 6.39. The lowest BCUT2D eigenvalue weighted by atomic mass is 9.90. The molecule has 7 rings (SSSR count). The van der Waals surface area contributed by atoms with Crippen molar-refractivity contribution in [2.45, 2.75) is 52.0 Å². The van der Waals surface area contributed by atoms with Gasteiger partial charge in [-0.15, -0.1) is 0 Å². The van der Waals surface area contributed by atoms with E-state index in [0.717, 1.165) is 43.4 Å². The number of aryl methyl sites for hydroxylation is 1. The van der Waals surface area contributed by atoms with Gasteiger partial charge in [-0.05, 0) is 72.6 Å². The molecule has 9 heteroatoms. The average molecular weight is 549 g/mol. The van der Waals surface area contributed by atoms with E-state index in [0.29, 0.717) is 52.9 Å². The summed E-state index contributed by atoms with van der Waals surface area (Å²) in [6, 6.07) is 9.35. The fourth-order valence-electron chi connectivity index (χ4n) is 6.39. The quantitative estimate of drug-likeness (QED) is 0.345. The van der Waals surface area contributed by atoms with Gasteiger partial charge in [0.2, 0.25) is 0 Å². The number of nitrogens with one attached hydrogen (secondary N) is 1. The molecule has 1 amide bonds. The molecule has 4 aromatic rings. The van der Waals surface area contributed by atoms with E-state index in [9.17, 15) is 14.4 Å². The first-order valence-electron chi connectivity index (χ1n) is 14.1. The van der Waals surface area contributed by atoms with E-state index in [4.69, 9.17) is 0 Å². The summed E-state index contributed by atoms with van der Waals surface area (Å²) in [6.45, 7) is 5.59. The van der Waals surface area contributed by atoms with Crippen molar-refractivity contribution in [2.75, 3.05) is 16.8 Å². The number of amides is 1. The van der Waals surface area contributed by atoms with Gasteiger partial charge in [-0.2, -0.15) is 0 Å². The zero-order valence-corrected chi connectivity index (χ0v) is 23.5. The van der Waals surface area contributed by atoms with Crippen LogP contribution in [-0.2, 0) is 26.4 Å². The Morgan fingerprint density at radius 3 is 2.61 bits per heavy atom. The summed E-state index contributed by atoms with van der Waals surface area (Å²) in [4.78, 5) is 49.9. The third kappa shape index (κ3) is 4.36. The van der Waals surface area contributed by atoms with Crippen LogP contribution in [0.1, 0.15) is 70.4 Å². The Balaban J connectivity index is 1.24. The molecule has 0 aromatic carbocycles. The molecular weight excluding hydrogens is 516 g/mol. The van der Waals surface area contributed by atoms with Gasteiger partial charge in [0, 0.05) is 67.3 Å². The van der Waals surface area contributed by atoms with Crippen molar-refractivity contribution < 1.29 is 9.59 Å². The lowest BCUT2D eigenvalue weighted by molar-refractivity contribution is 0.0963. The van der Waals surface area contributed by atoms with E-state index >= 15 is 0 Å². The van der Waals surface area contributed by atoms with Crippen LogP contribution in [0.3, 0.4) is 0 Å². The summed E-state index contributed by atoms with van der Waals surface area (Å²) in [5, 5.41) is 3.26. The van der Waals surface area contributed by atoms with Crippen molar-refractivity contribution in [1.82, 2.24) is 19.1 Å². The maximum absolute atomic E-state index is 13.7. The molecule has 1 aliphatic heterocycles. The summed E-state index contributed by atoms with van der Waals surface area (Å²) in [7, 11) is 1.69. The van der Waals surface area contributed by atoms with Gasteiger partial charge in [0.1, 0.15) is 17.2 Å². The van der Waals surface area contributed by atoms with Crippen LogP contribution in [0, 0.1) is 5.41 Å². The number of hydrogen-bond acceptors (Lipinski definition) is 6. The summed E-state index contributed by atoms with van der Waals surface area (Å²) in [6.07, 6.45) is 10.0. The Hall–Kier alpha value is -4.53. The third-order valence-corrected chi connectivity index (χ3v) is 8.52. The van der Waals surface area contributed by atoms with E-state index < -0.39 is 0 Å². The zero-order chi connectivity index (χ0) is 28.5. The largest absolute Gasteiger partial charge is 0.351 e. The molecule has 0 unspecified atom stereocenters. The van der Waals surface area contributed by atoms with Crippen molar-refractivity contribution in [1.29, 1.82) is 0 Å². The standard InChI is InChI=1S/C32H32N6O3/c1-32(2)15-20-13-27-31(41)38(11-10-37(27)28(20)16-32)29-24(18-39)23(7-9-34-29)21-12-26(30(40)36(3)17-21)35-22-6-8-33-25(14-22)19-4-5-19/h6-9,12-14,17-19H,4-5,10-11,15-16H2,1-3H3,(H,33,35). The summed E-state index contributed by atoms with van der Waals surface area (Å²) >= 11 is 0. The predicted molar refractivity (Wildman–Crippen MR) is 157 cm³/mol. The minimum atomic E-state index is -0.191.